The molecule has 1 nitrogen and oxygen atoms in total. The number of nitrogens with zero attached hydrogens (tertiary/aromatic N) is 1. The van der Waals surface area contributed by atoms with Gasteiger partial charge in [-0.2, -0.15) is 0 Å². The molecule has 0 fully saturated rings. The highest BCUT2D eigenvalue weighted by atomic mass is 32.1. The lowest BCUT2D eigenvalue weighted by atomic mass is 9.87. The van der Waals surface area contributed by atoms with Gasteiger partial charge in [0.2, 0.25) is 0 Å². The van der Waals surface area contributed by atoms with E-state index in [0.29, 0.717) is 0 Å². The van der Waals surface area contributed by atoms with Crippen molar-refractivity contribution >= 4 is 113 Å². The molecule has 1 heterocycles. The molecule has 0 spiro atoms. The highest BCUT2D eigenvalue weighted by Gasteiger charge is 2.20. The predicted molar refractivity (Wildman–Crippen MR) is 261 cm³/mol. The van der Waals surface area contributed by atoms with E-state index in [2.05, 4.69) is 217 Å². The largest absolute Gasteiger partial charge is 0.310 e. The molecule has 0 aliphatic heterocycles. The number of fused-ring (bicyclic) bond motifs is 5. The molecule has 12 aromatic carbocycles. The van der Waals surface area contributed by atoms with Crippen molar-refractivity contribution in [2.24, 2.45) is 0 Å². The maximum absolute atomic E-state index is 2.46. The molecule has 278 valence electrons. The summed E-state index contributed by atoms with van der Waals surface area (Å²) in [5.74, 6) is 0. The SMILES string of the molecule is c1ccc(-c2ccc(-c3ccc(N(c4ccc5c(c4)sc4ccccc45)c4cc5ccc6cccc7c8cccc9ccc%10cccc(c(c4)c5c67)c%10c98)cc3)cc2)cc1. The van der Waals surface area contributed by atoms with Gasteiger partial charge in [0.05, 0.1) is 0 Å². The molecule has 60 heavy (non-hydrogen) atoms. The van der Waals surface area contributed by atoms with Crippen molar-refractivity contribution in [3.05, 3.63) is 212 Å². The average Bonchev–Trinajstić information content (AvgIpc) is 3.69. The minimum Gasteiger partial charge on any atom is -0.310 e. The van der Waals surface area contributed by atoms with Crippen LogP contribution in [0.4, 0.5) is 17.1 Å². The molecule has 0 unspecified atom stereocenters. The molecule has 0 aliphatic rings. The first kappa shape index (κ1) is 33.5. The van der Waals surface area contributed by atoms with Gasteiger partial charge in [0, 0.05) is 37.2 Å². The van der Waals surface area contributed by atoms with Crippen LogP contribution in [0.25, 0.3) is 107 Å². The van der Waals surface area contributed by atoms with Crippen LogP contribution in [0, 0.1) is 0 Å². The number of thiophene rings is 1. The highest BCUT2D eigenvalue weighted by Crippen LogP contribution is 2.47. The van der Waals surface area contributed by atoms with Crippen LogP contribution < -0.4 is 4.90 Å². The molecule has 13 rings (SSSR count). The molecule has 2 heteroatoms. The molecule has 0 saturated carbocycles. The molecule has 0 saturated heterocycles. The predicted octanol–water partition coefficient (Wildman–Crippen LogP) is 17.2. The molecular formula is C58H35NS. The van der Waals surface area contributed by atoms with E-state index in [0.717, 1.165) is 17.1 Å². The second-order valence-corrected chi connectivity index (χ2v) is 17.1. The van der Waals surface area contributed by atoms with E-state index in [1.54, 1.807) is 0 Å². The summed E-state index contributed by atoms with van der Waals surface area (Å²) in [4.78, 5) is 2.46. The van der Waals surface area contributed by atoms with Crippen LogP contribution in [0.3, 0.4) is 0 Å². The van der Waals surface area contributed by atoms with Crippen LogP contribution >= 0.6 is 11.3 Å². The third-order valence-corrected chi connectivity index (χ3v) is 13.9. The van der Waals surface area contributed by atoms with Gasteiger partial charge < -0.3 is 4.90 Å². The van der Waals surface area contributed by atoms with Gasteiger partial charge in [-0.25, -0.2) is 0 Å². The van der Waals surface area contributed by atoms with Crippen LogP contribution in [0.15, 0.2) is 212 Å². The molecule has 0 atom stereocenters. The lowest BCUT2D eigenvalue weighted by Gasteiger charge is -2.27. The molecule has 13 aromatic rings. The number of hydrogen-bond donors (Lipinski definition) is 0. The second kappa shape index (κ2) is 13.0. The first-order chi connectivity index (χ1) is 29.7. The first-order valence-corrected chi connectivity index (χ1v) is 21.5. The Morgan fingerprint density at radius 2 is 0.717 bits per heavy atom. The molecule has 0 N–H and O–H groups in total. The summed E-state index contributed by atoms with van der Waals surface area (Å²) in [5.41, 5.74) is 8.23. The smallest absolute Gasteiger partial charge is 0.0476 e. The van der Waals surface area contributed by atoms with Crippen LogP contribution in [-0.4, -0.2) is 0 Å². The lowest BCUT2D eigenvalue weighted by molar-refractivity contribution is 1.30. The maximum atomic E-state index is 2.46. The molecule has 0 aliphatic carbocycles. The highest BCUT2D eigenvalue weighted by molar-refractivity contribution is 7.25. The fourth-order valence-electron chi connectivity index (χ4n) is 9.99. The van der Waals surface area contributed by atoms with Gasteiger partial charge in [0.15, 0.2) is 0 Å². The van der Waals surface area contributed by atoms with Gasteiger partial charge in [-0.15, -0.1) is 11.3 Å². The Morgan fingerprint density at radius 1 is 0.250 bits per heavy atom. The van der Waals surface area contributed by atoms with Gasteiger partial charge in [-0.05, 0) is 129 Å². The Labute approximate surface area is 350 Å². The standard InChI is InChI=1S/C58H35NS/c1-2-9-36(10-3-1)37-19-21-38(22-20-37)39-27-29-44(30-28-39)59(45-31-32-48-47-14-4-5-18-53(47)60-54(48)35-45)46-33-43-26-25-42-12-7-16-50-49-15-6-11-40-23-24-41-13-8-17-51(57(41)55(40)49)52(34-46)58(43)56(42)50/h1-35H. The fourth-order valence-corrected chi connectivity index (χ4v) is 11.1. The zero-order chi connectivity index (χ0) is 39.3. The van der Waals surface area contributed by atoms with Crippen molar-refractivity contribution in [3.63, 3.8) is 0 Å². The molecule has 0 radical (unpaired) electrons. The summed E-state index contributed by atoms with van der Waals surface area (Å²) in [6.45, 7) is 0. The van der Waals surface area contributed by atoms with E-state index in [4.69, 9.17) is 0 Å². The van der Waals surface area contributed by atoms with Gasteiger partial charge in [0.1, 0.15) is 0 Å². The minimum absolute atomic E-state index is 1.12. The van der Waals surface area contributed by atoms with E-state index in [9.17, 15) is 0 Å². The zero-order valence-corrected chi connectivity index (χ0v) is 33.4. The zero-order valence-electron chi connectivity index (χ0n) is 32.6. The van der Waals surface area contributed by atoms with Crippen molar-refractivity contribution in [3.8, 4) is 22.3 Å². The summed E-state index contributed by atoms with van der Waals surface area (Å²) in [5, 5.41) is 18.0. The maximum Gasteiger partial charge on any atom is 0.0476 e. The average molecular weight is 778 g/mol. The summed E-state index contributed by atoms with van der Waals surface area (Å²) in [6.07, 6.45) is 0. The van der Waals surface area contributed by atoms with Gasteiger partial charge in [0.25, 0.3) is 0 Å². The first-order valence-electron chi connectivity index (χ1n) is 20.7. The molecule has 1 aromatic heterocycles. The van der Waals surface area contributed by atoms with Crippen LogP contribution in [0.2, 0.25) is 0 Å². The van der Waals surface area contributed by atoms with E-state index >= 15 is 0 Å². The Balaban J connectivity index is 1.07. The van der Waals surface area contributed by atoms with E-state index in [1.165, 1.54) is 107 Å². The Bertz CT molecular complexity index is 3800. The van der Waals surface area contributed by atoms with Gasteiger partial charge in [-0.3, -0.25) is 0 Å². The van der Waals surface area contributed by atoms with Crippen molar-refractivity contribution in [1.82, 2.24) is 0 Å². The number of anilines is 3. The van der Waals surface area contributed by atoms with E-state index in [1.807, 2.05) is 11.3 Å². The molecule has 0 bridgehead atoms. The van der Waals surface area contributed by atoms with Crippen molar-refractivity contribution in [1.29, 1.82) is 0 Å². The Kier molecular flexibility index (Phi) is 7.24. The summed E-state index contributed by atoms with van der Waals surface area (Å²) in [7, 11) is 0. The van der Waals surface area contributed by atoms with Crippen molar-refractivity contribution in [2.75, 3.05) is 4.90 Å². The third-order valence-electron chi connectivity index (χ3n) is 12.7. The second-order valence-electron chi connectivity index (χ2n) is 16.0. The number of hydrogen-bond acceptors (Lipinski definition) is 2. The summed E-state index contributed by atoms with van der Waals surface area (Å²) in [6, 6.07) is 79.0. The molecule has 0 amide bonds. The van der Waals surface area contributed by atoms with Crippen LogP contribution in [0.1, 0.15) is 0 Å². The lowest BCUT2D eigenvalue weighted by Crippen LogP contribution is -2.10. The summed E-state index contributed by atoms with van der Waals surface area (Å²) >= 11 is 1.87. The van der Waals surface area contributed by atoms with E-state index in [-0.39, 0.29) is 0 Å². The number of rotatable bonds is 5. The van der Waals surface area contributed by atoms with Crippen LogP contribution in [-0.2, 0) is 0 Å². The quantitative estimate of drug-likeness (QED) is 0.157. The van der Waals surface area contributed by atoms with Crippen molar-refractivity contribution in [2.45, 2.75) is 0 Å². The fraction of sp³-hybridized carbons (Fsp3) is 0. The third kappa shape index (κ3) is 5.05. The number of benzene rings is 11. The minimum atomic E-state index is 1.12. The normalized spacial score (nSPS) is 12.0. The Hall–Kier alpha value is -7.52. The van der Waals surface area contributed by atoms with Crippen molar-refractivity contribution < 1.29 is 0 Å². The Morgan fingerprint density at radius 3 is 1.35 bits per heavy atom. The summed E-state index contributed by atoms with van der Waals surface area (Å²) < 4.78 is 2.60. The topological polar surface area (TPSA) is 3.24 Å². The van der Waals surface area contributed by atoms with E-state index < -0.39 is 0 Å². The van der Waals surface area contributed by atoms with Gasteiger partial charge >= 0.3 is 0 Å². The monoisotopic (exact) mass is 777 g/mol. The van der Waals surface area contributed by atoms with Gasteiger partial charge in [-0.1, -0.05) is 170 Å². The van der Waals surface area contributed by atoms with Crippen LogP contribution in [0.5, 0.6) is 0 Å². The molecular weight excluding hydrogens is 743 g/mol.